The Labute approximate surface area is 72.0 Å². The van der Waals surface area contributed by atoms with E-state index < -0.39 is 0 Å². The summed E-state index contributed by atoms with van der Waals surface area (Å²) in [4.78, 5) is 8.53. The first kappa shape index (κ1) is 7.68. The topological polar surface area (TPSA) is 51.8 Å². The van der Waals surface area contributed by atoms with E-state index in [1.54, 1.807) is 0 Å². The summed E-state index contributed by atoms with van der Waals surface area (Å²) in [7, 11) is 0. The summed E-state index contributed by atoms with van der Waals surface area (Å²) < 4.78 is 0. The van der Waals surface area contributed by atoms with Crippen molar-refractivity contribution in [1.29, 1.82) is 0 Å². The predicted molar refractivity (Wildman–Crippen MR) is 46.7 cm³/mol. The minimum Gasteiger partial charge on any atom is -0.330 e. The van der Waals surface area contributed by atoms with E-state index in [2.05, 4.69) is 9.97 Å². The van der Waals surface area contributed by atoms with E-state index in [4.69, 9.17) is 5.73 Å². The Morgan fingerprint density at radius 1 is 1.50 bits per heavy atom. The summed E-state index contributed by atoms with van der Waals surface area (Å²) in [6.45, 7) is 2.73. The van der Waals surface area contributed by atoms with Gasteiger partial charge in [-0.15, -0.1) is 0 Å². The first-order valence-corrected chi connectivity index (χ1v) is 4.30. The Morgan fingerprint density at radius 2 is 2.33 bits per heavy atom. The van der Waals surface area contributed by atoms with Crippen LogP contribution in [0.1, 0.15) is 23.7 Å². The molecule has 0 aliphatic heterocycles. The van der Waals surface area contributed by atoms with Crippen LogP contribution in [0.25, 0.3) is 0 Å². The molecule has 1 aliphatic rings. The fourth-order valence-electron chi connectivity index (χ4n) is 1.46. The van der Waals surface area contributed by atoms with Gasteiger partial charge in [-0.1, -0.05) is 0 Å². The van der Waals surface area contributed by atoms with Gasteiger partial charge in [-0.2, -0.15) is 0 Å². The SMILES string of the molecule is Cc1cnc(C2CC2CN)cn1. The first-order chi connectivity index (χ1) is 5.81. The van der Waals surface area contributed by atoms with E-state index in [-0.39, 0.29) is 0 Å². The zero-order valence-corrected chi connectivity index (χ0v) is 7.20. The average molecular weight is 163 g/mol. The minimum absolute atomic E-state index is 0.586. The molecule has 3 heteroatoms. The highest BCUT2D eigenvalue weighted by Gasteiger charge is 2.38. The summed E-state index contributed by atoms with van der Waals surface area (Å²) in [6, 6.07) is 0. The number of hydrogen-bond donors (Lipinski definition) is 1. The molecule has 0 bridgehead atoms. The molecule has 1 heterocycles. The third kappa shape index (κ3) is 1.32. The van der Waals surface area contributed by atoms with E-state index >= 15 is 0 Å². The van der Waals surface area contributed by atoms with E-state index in [0.717, 1.165) is 17.9 Å². The minimum atomic E-state index is 0.586. The number of aryl methyl sites for hydroxylation is 1. The molecule has 1 saturated carbocycles. The van der Waals surface area contributed by atoms with Gasteiger partial charge >= 0.3 is 0 Å². The molecule has 12 heavy (non-hydrogen) atoms. The molecule has 0 aromatic carbocycles. The Bertz CT molecular complexity index is 268. The molecule has 2 rings (SSSR count). The van der Waals surface area contributed by atoms with Gasteiger partial charge in [0.25, 0.3) is 0 Å². The van der Waals surface area contributed by atoms with Gasteiger partial charge in [-0.3, -0.25) is 9.97 Å². The lowest BCUT2D eigenvalue weighted by Crippen LogP contribution is -2.02. The summed E-state index contributed by atoms with van der Waals surface area (Å²) in [5.74, 6) is 1.24. The lowest BCUT2D eigenvalue weighted by atomic mass is 10.2. The van der Waals surface area contributed by atoms with Gasteiger partial charge in [0, 0.05) is 18.3 Å². The van der Waals surface area contributed by atoms with Crippen molar-refractivity contribution in [2.75, 3.05) is 6.54 Å². The Morgan fingerprint density at radius 3 is 2.83 bits per heavy atom. The maximum absolute atomic E-state index is 5.54. The normalized spacial score (nSPS) is 27.2. The molecule has 2 unspecified atom stereocenters. The van der Waals surface area contributed by atoms with Gasteiger partial charge < -0.3 is 5.73 Å². The second kappa shape index (κ2) is 2.83. The van der Waals surface area contributed by atoms with Gasteiger partial charge in [-0.05, 0) is 25.8 Å². The van der Waals surface area contributed by atoms with Gasteiger partial charge in [0.05, 0.1) is 11.4 Å². The fraction of sp³-hybridized carbons (Fsp3) is 0.556. The molecule has 0 saturated heterocycles. The standard InChI is InChI=1S/C9H13N3/c1-6-4-12-9(5-11-6)8-2-7(8)3-10/h4-5,7-8H,2-3,10H2,1H3. The Hall–Kier alpha value is -0.960. The number of aromatic nitrogens is 2. The molecule has 1 aromatic rings. The monoisotopic (exact) mass is 163 g/mol. The fourth-order valence-corrected chi connectivity index (χ4v) is 1.46. The third-order valence-corrected chi connectivity index (χ3v) is 2.41. The second-order valence-corrected chi connectivity index (χ2v) is 3.42. The maximum atomic E-state index is 5.54. The van der Waals surface area contributed by atoms with Crippen LogP contribution in [0.4, 0.5) is 0 Å². The third-order valence-electron chi connectivity index (χ3n) is 2.41. The van der Waals surface area contributed by atoms with E-state index in [1.165, 1.54) is 6.42 Å². The number of nitrogens with two attached hydrogens (primary N) is 1. The molecule has 0 amide bonds. The van der Waals surface area contributed by atoms with E-state index in [9.17, 15) is 0 Å². The van der Waals surface area contributed by atoms with Crippen LogP contribution >= 0.6 is 0 Å². The number of rotatable bonds is 2. The summed E-state index contributed by atoms with van der Waals surface area (Å²) >= 11 is 0. The Kier molecular flexibility index (Phi) is 1.81. The van der Waals surface area contributed by atoms with E-state index in [0.29, 0.717) is 11.8 Å². The maximum Gasteiger partial charge on any atom is 0.0621 e. The van der Waals surface area contributed by atoms with Gasteiger partial charge in [0.1, 0.15) is 0 Å². The molecule has 2 atom stereocenters. The summed E-state index contributed by atoms with van der Waals surface area (Å²) in [6.07, 6.45) is 4.88. The van der Waals surface area contributed by atoms with Crippen LogP contribution in [-0.4, -0.2) is 16.5 Å². The molecular weight excluding hydrogens is 150 g/mol. The lowest BCUT2D eigenvalue weighted by Gasteiger charge is -1.97. The number of nitrogens with zero attached hydrogens (tertiary/aromatic N) is 2. The van der Waals surface area contributed by atoms with Crippen molar-refractivity contribution in [1.82, 2.24) is 9.97 Å². The lowest BCUT2D eigenvalue weighted by molar-refractivity contribution is 0.792. The van der Waals surface area contributed by atoms with Crippen molar-refractivity contribution in [3.05, 3.63) is 23.8 Å². The van der Waals surface area contributed by atoms with Crippen LogP contribution in [-0.2, 0) is 0 Å². The molecule has 64 valence electrons. The van der Waals surface area contributed by atoms with Crippen LogP contribution in [0.3, 0.4) is 0 Å². The van der Waals surface area contributed by atoms with Gasteiger partial charge in [0.2, 0.25) is 0 Å². The van der Waals surface area contributed by atoms with Crippen molar-refractivity contribution < 1.29 is 0 Å². The van der Waals surface area contributed by atoms with Crippen LogP contribution in [0.15, 0.2) is 12.4 Å². The first-order valence-electron chi connectivity index (χ1n) is 4.30. The van der Waals surface area contributed by atoms with Crippen molar-refractivity contribution in [3.8, 4) is 0 Å². The summed E-state index contributed by atoms with van der Waals surface area (Å²) in [5.41, 5.74) is 7.63. The van der Waals surface area contributed by atoms with E-state index in [1.807, 2.05) is 19.3 Å². The van der Waals surface area contributed by atoms with Crippen LogP contribution in [0.5, 0.6) is 0 Å². The molecule has 1 fully saturated rings. The molecule has 2 N–H and O–H groups in total. The summed E-state index contributed by atoms with van der Waals surface area (Å²) in [5, 5.41) is 0. The van der Waals surface area contributed by atoms with Crippen LogP contribution in [0, 0.1) is 12.8 Å². The molecule has 3 nitrogen and oxygen atoms in total. The van der Waals surface area contributed by atoms with Gasteiger partial charge in [0.15, 0.2) is 0 Å². The highest BCUT2D eigenvalue weighted by molar-refractivity contribution is 5.15. The zero-order valence-electron chi connectivity index (χ0n) is 7.20. The molecule has 1 aliphatic carbocycles. The average Bonchev–Trinajstić information content (AvgIpc) is 2.85. The van der Waals surface area contributed by atoms with Crippen LogP contribution < -0.4 is 5.73 Å². The molecular formula is C9H13N3. The van der Waals surface area contributed by atoms with Crippen molar-refractivity contribution in [2.24, 2.45) is 11.7 Å². The Balaban J connectivity index is 2.10. The predicted octanol–water partition coefficient (Wildman–Crippen LogP) is 0.847. The largest absolute Gasteiger partial charge is 0.330 e. The van der Waals surface area contributed by atoms with Crippen molar-refractivity contribution in [2.45, 2.75) is 19.3 Å². The highest BCUT2D eigenvalue weighted by Crippen LogP contribution is 2.45. The molecule has 0 radical (unpaired) electrons. The molecule has 0 spiro atoms. The smallest absolute Gasteiger partial charge is 0.0621 e. The highest BCUT2D eigenvalue weighted by atomic mass is 14.8. The second-order valence-electron chi connectivity index (χ2n) is 3.42. The zero-order chi connectivity index (χ0) is 8.55. The number of hydrogen-bond acceptors (Lipinski definition) is 3. The van der Waals surface area contributed by atoms with Crippen LogP contribution in [0.2, 0.25) is 0 Å². The van der Waals surface area contributed by atoms with Crippen molar-refractivity contribution >= 4 is 0 Å². The quantitative estimate of drug-likeness (QED) is 0.703. The van der Waals surface area contributed by atoms with Gasteiger partial charge in [-0.25, -0.2) is 0 Å². The van der Waals surface area contributed by atoms with Crippen molar-refractivity contribution in [3.63, 3.8) is 0 Å². The molecule has 1 aromatic heterocycles.